The molecule has 0 fully saturated rings. The predicted octanol–water partition coefficient (Wildman–Crippen LogP) is 1.01. The van der Waals surface area contributed by atoms with Gasteiger partial charge >= 0.3 is 25.2 Å². The van der Waals surface area contributed by atoms with Gasteiger partial charge in [-0.1, -0.05) is 0 Å². The van der Waals surface area contributed by atoms with Crippen LogP contribution < -0.4 is 0 Å². The van der Waals surface area contributed by atoms with Crippen molar-refractivity contribution in [3.63, 3.8) is 0 Å². The molecule has 1 aromatic carbocycles. The van der Waals surface area contributed by atoms with Gasteiger partial charge < -0.3 is 0 Å². The topological polar surface area (TPSA) is 17.1 Å². The van der Waals surface area contributed by atoms with Gasteiger partial charge in [0.15, 0.2) is 0 Å². The molecular weight excluding hydrogens is 143 g/mol. The second kappa shape index (κ2) is 6.45. The molecule has 0 unspecified atom stereocenters. The molecule has 0 amide bonds. The molecule has 0 radical (unpaired) electrons. The number of hydrogen-bond donors (Lipinski definition) is 0. The van der Waals surface area contributed by atoms with Crippen LogP contribution in [0.3, 0.4) is 0 Å². The molecule has 1 aromatic rings. The van der Waals surface area contributed by atoms with Gasteiger partial charge in [0.2, 0.25) is 0 Å². The summed E-state index contributed by atoms with van der Waals surface area (Å²) in [6, 6.07) is 10.0. The van der Waals surface area contributed by atoms with Crippen molar-refractivity contribution in [1.82, 2.24) is 0 Å². The second-order valence-corrected chi connectivity index (χ2v) is 1.28. The summed E-state index contributed by atoms with van der Waals surface area (Å²) < 4.78 is 0. The molecule has 0 spiro atoms. The van der Waals surface area contributed by atoms with E-state index < -0.39 is 0 Å². The van der Waals surface area contributed by atoms with Crippen molar-refractivity contribution in [2.24, 2.45) is 0 Å². The summed E-state index contributed by atoms with van der Waals surface area (Å²) in [7, 11) is 0. The molecule has 0 N–H and O–H groups in total. The second-order valence-electron chi connectivity index (χ2n) is 1.04. The molecule has 0 aliphatic rings. The summed E-state index contributed by atoms with van der Waals surface area (Å²) in [6.45, 7) is 0. The Bertz CT molecular complexity index is 120. The largest absolute Gasteiger partial charge is 0.214 e. The maximum atomic E-state index is 8.60. The smallest absolute Gasteiger partial charge is 0.172 e. The molecule has 2 heteroatoms. The molecule has 0 bridgehead atoms. The Labute approximate surface area is 56.1 Å². The van der Waals surface area contributed by atoms with E-state index in [1.165, 1.54) is 4.79 Å². The number of rotatable bonds is 0. The molecule has 0 saturated carbocycles. The predicted molar refractivity (Wildman–Crippen MR) is 27.7 cm³/mol. The van der Waals surface area contributed by atoms with Crippen LogP contribution in [0.1, 0.15) is 0 Å². The van der Waals surface area contributed by atoms with E-state index in [4.69, 9.17) is 4.79 Å². The Morgan fingerprint density at radius 3 is 1.88 bits per heavy atom. The third-order valence-electron chi connectivity index (χ3n) is 0.556. The van der Waals surface area contributed by atoms with Crippen LogP contribution in [-0.4, -0.2) is 4.79 Å². The Morgan fingerprint density at radius 1 is 1.38 bits per heavy atom. The first-order chi connectivity index (χ1) is 3.91. The minimum atomic E-state index is 1.31. The van der Waals surface area contributed by atoms with Gasteiger partial charge in [0.1, 0.15) is 0 Å². The van der Waals surface area contributed by atoms with E-state index in [1.54, 1.807) is 0 Å². The summed E-state index contributed by atoms with van der Waals surface area (Å²) >= 11 is 2.34. The van der Waals surface area contributed by atoms with Gasteiger partial charge in [0.25, 0.3) is 0 Å². The Kier molecular flexibility index (Phi) is 6.01. The van der Waals surface area contributed by atoms with E-state index >= 15 is 0 Å². The van der Waals surface area contributed by atoms with Gasteiger partial charge in [-0.15, -0.1) is 0 Å². The first kappa shape index (κ1) is 7.45. The van der Waals surface area contributed by atoms with Gasteiger partial charge in [-0.25, -0.2) is 12.1 Å². The van der Waals surface area contributed by atoms with Crippen LogP contribution in [0.5, 0.6) is 0 Å². The minimum absolute atomic E-state index is 1.31. The van der Waals surface area contributed by atoms with Gasteiger partial charge in [0, 0.05) is 0 Å². The maximum absolute atomic E-state index is 8.60. The van der Waals surface area contributed by atoms with Crippen molar-refractivity contribution in [2.45, 2.75) is 0 Å². The third kappa shape index (κ3) is 5.45. The van der Waals surface area contributed by atoms with Crippen LogP contribution in [0.2, 0.25) is 0 Å². The van der Waals surface area contributed by atoms with E-state index in [0.29, 0.717) is 0 Å². The normalized spacial score (nSPS) is 6.00. The van der Waals surface area contributed by atoms with E-state index in [0.717, 1.165) is 0 Å². The van der Waals surface area contributed by atoms with Crippen molar-refractivity contribution >= 4 is 4.79 Å². The Hall–Kier alpha value is -0.551. The molecule has 8 heavy (non-hydrogen) atoms. The fourth-order valence-electron chi connectivity index (χ4n) is 0.321. The summed E-state index contributed by atoms with van der Waals surface area (Å²) in [4.78, 5) is 9.91. The van der Waals surface area contributed by atoms with Crippen LogP contribution in [0.25, 0.3) is 0 Å². The van der Waals surface area contributed by atoms with Crippen LogP contribution in [-0.2, 0) is 20.4 Å². The first-order valence-electron chi connectivity index (χ1n) is 2.06. The molecule has 0 saturated heterocycles. The zero-order valence-corrected chi connectivity index (χ0v) is 5.35. The average molecular weight is 148 g/mol. The van der Waals surface area contributed by atoms with Crippen molar-refractivity contribution < 1.29 is 20.4 Å². The maximum Gasteiger partial charge on any atom is -0.172 e. The fraction of sp³-hybridized carbons (Fsp3) is 0. The van der Waals surface area contributed by atoms with Crippen LogP contribution >= 0.6 is 0 Å². The summed E-state index contributed by atoms with van der Waals surface area (Å²) in [5.74, 6) is 0. The van der Waals surface area contributed by atoms with E-state index in [1.807, 2.05) is 30.3 Å². The molecule has 0 aliphatic carbocycles. The molecule has 0 atom stereocenters. The molecular formula is C6H5MnO-. The monoisotopic (exact) mass is 148 g/mol. The standard InChI is InChI=1S/C5H5.CO.Mn/c1-2-4-5-3-1;1-2;/h1-5H;;/q-1;;. The van der Waals surface area contributed by atoms with Crippen molar-refractivity contribution in [3.8, 4) is 0 Å². The molecule has 0 aliphatic heterocycles. The molecule has 1 rings (SSSR count). The van der Waals surface area contributed by atoms with E-state index in [-0.39, 0.29) is 0 Å². The first-order valence-corrected chi connectivity index (χ1v) is 2.65. The van der Waals surface area contributed by atoms with Gasteiger partial charge in [0.05, 0.1) is 0 Å². The third-order valence-corrected chi connectivity index (χ3v) is 0.556. The van der Waals surface area contributed by atoms with E-state index in [9.17, 15) is 0 Å². The fourth-order valence-corrected chi connectivity index (χ4v) is 0.321. The number of hydrogen-bond acceptors (Lipinski definition) is 1. The van der Waals surface area contributed by atoms with Crippen molar-refractivity contribution in [3.05, 3.63) is 30.3 Å². The zero-order valence-electron chi connectivity index (χ0n) is 4.17. The molecule has 0 heterocycles. The quantitative estimate of drug-likeness (QED) is 0.396. The van der Waals surface area contributed by atoms with Crippen molar-refractivity contribution in [2.75, 3.05) is 0 Å². The minimum Gasteiger partial charge on any atom is -0.214 e. The molecule has 0 aromatic heterocycles. The van der Waals surface area contributed by atoms with Crippen LogP contribution in [0.15, 0.2) is 30.3 Å². The van der Waals surface area contributed by atoms with E-state index in [2.05, 4.69) is 15.6 Å². The molecule has 43 valence electrons. The average Bonchev–Trinajstić information content (AvgIpc) is 2.17. The summed E-state index contributed by atoms with van der Waals surface area (Å²) in [5.41, 5.74) is 0. The Balaban J connectivity index is 0.000000145. The van der Waals surface area contributed by atoms with Gasteiger partial charge in [-0.2, -0.15) is 18.2 Å². The summed E-state index contributed by atoms with van der Waals surface area (Å²) in [5, 5.41) is 0. The van der Waals surface area contributed by atoms with Gasteiger partial charge in [-0.05, 0) is 0 Å². The number of carbonyl (C=O) groups excluding carboxylic acids is 1. The zero-order chi connectivity index (χ0) is 6.24. The van der Waals surface area contributed by atoms with Crippen LogP contribution in [0, 0.1) is 0 Å². The van der Waals surface area contributed by atoms with Gasteiger partial charge in [-0.3, -0.25) is 0 Å². The summed E-state index contributed by atoms with van der Waals surface area (Å²) in [6.07, 6.45) is 0. The molecule has 1 nitrogen and oxygen atoms in total. The van der Waals surface area contributed by atoms with Crippen LogP contribution in [0.4, 0.5) is 0 Å². The SMILES string of the molecule is O=[C]=[Mn].c1cc[cH-]c1. The van der Waals surface area contributed by atoms with Crippen molar-refractivity contribution in [1.29, 1.82) is 0 Å². The Morgan fingerprint density at radius 2 is 1.75 bits per heavy atom.